The number of hydrogen-bond donors (Lipinski definition) is 0. The normalized spacial score (nSPS) is 19.6. The number of benzene rings is 5. The van der Waals surface area contributed by atoms with Crippen LogP contribution in [0.4, 0.5) is 11.4 Å². The fraction of sp³-hybridized carbons (Fsp3) is 0.0789. The predicted octanol–water partition coefficient (Wildman–Crippen LogP) is 7.67. The lowest BCUT2D eigenvalue weighted by Gasteiger charge is -2.44. The first-order valence-electron chi connectivity index (χ1n) is 14.5. The Bertz CT molecular complexity index is 1800. The summed E-state index contributed by atoms with van der Waals surface area (Å²) in [5.41, 5.74) is 9.80. The van der Waals surface area contributed by atoms with E-state index >= 15 is 0 Å². The lowest BCUT2D eigenvalue weighted by Crippen LogP contribution is -2.50. The highest BCUT2D eigenvalue weighted by molar-refractivity contribution is 5.86. The molecule has 0 radical (unpaired) electrons. The summed E-state index contributed by atoms with van der Waals surface area (Å²) >= 11 is 0. The molecule has 2 aliphatic heterocycles. The van der Waals surface area contributed by atoms with Gasteiger partial charge < -0.3 is 14.1 Å². The van der Waals surface area contributed by atoms with Crippen LogP contribution in [0.3, 0.4) is 0 Å². The van der Waals surface area contributed by atoms with E-state index in [2.05, 4.69) is 187 Å². The lowest BCUT2D eigenvalue weighted by atomic mass is 9.67. The zero-order valence-corrected chi connectivity index (χ0v) is 23.6. The second kappa shape index (κ2) is 9.44. The average Bonchev–Trinajstić information content (AvgIpc) is 3.78. The topological polar surface area (TPSA) is 9.49 Å². The lowest BCUT2D eigenvalue weighted by molar-refractivity contribution is -0.983. The SMILES string of the molecule is C[N+]1(N2C=CN(c3cccc(C4(c5ccccc5)c5ccccc5-c5ccccc54)c3)C2)[CH-]C=[N+](c2ccccc2)[CH-]1. The van der Waals surface area contributed by atoms with Gasteiger partial charge in [-0.05, 0) is 63.9 Å². The van der Waals surface area contributed by atoms with Crippen LogP contribution < -0.4 is 4.90 Å². The molecule has 1 atom stereocenters. The molecule has 0 saturated carbocycles. The van der Waals surface area contributed by atoms with Crippen LogP contribution >= 0.6 is 0 Å². The fourth-order valence-corrected chi connectivity index (χ4v) is 6.93. The van der Waals surface area contributed by atoms with Gasteiger partial charge in [-0.15, -0.1) is 6.54 Å². The van der Waals surface area contributed by atoms with E-state index in [1.807, 2.05) is 0 Å². The molecule has 0 bridgehead atoms. The largest absolute Gasteiger partial charge is 0.323 e. The van der Waals surface area contributed by atoms with Crippen LogP contribution in [0, 0.1) is 13.2 Å². The molecule has 4 nitrogen and oxygen atoms in total. The standard InChI is InChI=1S/C38H32N4/c1-42(26-25-40(29-42)32-16-6-3-7-17-32)41-24-23-39(28-41)33-18-12-15-31(27-33)38(30-13-4-2-5-14-30)36-21-10-8-19-34(36)35-20-9-11-22-37(35)38/h2-27,29H,28H2,1H3. The molecule has 5 aromatic rings. The van der Waals surface area contributed by atoms with Gasteiger partial charge in [-0.3, -0.25) is 0 Å². The maximum absolute atomic E-state index is 2.39. The van der Waals surface area contributed by atoms with Crippen molar-refractivity contribution in [2.75, 3.05) is 18.6 Å². The summed E-state index contributed by atoms with van der Waals surface area (Å²) in [5, 5.41) is 2.33. The van der Waals surface area contributed by atoms with Gasteiger partial charge in [0.25, 0.3) is 0 Å². The van der Waals surface area contributed by atoms with Gasteiger partial charge in [0.1, 0.15) is 12.4 Å². The molecule has 4 heteroatoms. The second-order valence-corrected chi connectivity index (χ2v) is 11.4. The number of anilines is 1. The van der Waals surface area contributed by atoms with E-state index in [9.17, 15) is 0 Å². The van der Waals surface area contributed by atoms with Crippen LogP contribution in [0.1, 0.15) is 22.3 Å². The molecular formula is C38H32N4. The highest BCUT2D eigenvalue weighted by Crippen LogP contribution is 2.56. The monoisotopic (exact) mass is 544 g/mol. The molecule has 3 aliphatic rings. The van der Waals surface area contributed by atoms with Crippen molar-refractivity contribution in [3.63, 3.8) is 0 Å². The summed E-state index contributed by atoms with van der Waals surface area (Å²) in [6.45, 7) is 5.19. The van der Waals surface area contributed by atoms with Crippen LogP contribution in [0.2, 0.25) is 0 Å². The zero-order valence-electron chi connectivity index (χ0n) is 23.6. The molecule has 5 aromatic carbocycles. The van der Waals surface area contributed by atoms with Gasteiger partial charge in [0.15, 0.2) is 0 Å². The number of fused-ring (bicyclic) bond motifs is 3. The van der Waals surface area contributed by atoms with Crippen molar-refractivity contribution in [2.45, 2.75) is 5.41 Å². The Morgan fingerprint density at radius 3 is 2.00 bits per heavy atom. The maximum Gasteiger partial charge on any atom is 0.235 e. The molecule has 204 valence electrons. The summed E-state index contributed by atoms with van der Waals surface area (Å²) < 4.78 is 2.76. The van der Waals surface area contributed by atoms with Gasteiger partial charge in [-0.2, -0.15) is 0 Å². The molecule has 2 heterocycles. The van der Waals surface area contributed by atoms with Crippen LogP contribution in [-0.2, 0) is 5.41 Å². The minimum atomic E-state index is -0.395. The van der Waals surface area contributed by atoms with Gasteiger partial charge in [-0.1, -0.05) is 109 Å². The first-order valence-corrected chi connectivity index (χ1v) is 14.5. The predicted molar refractivity (Wildman–Crippen MR) is 169 cm³/mol. The van der Waals surface area contributed by atoms with Gasteiger partial charge in [0, 0.05) is 11.9 Å². The van der Waals surface area contributed by atoms with Crippen LogP contribution in [0.25, 0.3) is 11.1 Å². The van der Waals surface area contributed by atoms with E-state index in [1.165, 1.54) is 39.1 Å². The second-order valence-electron chi connectivity index (χ2n) is 11.4. The highest BCUT2D eigenvalue weighted by Gasteiger charge is 2.46. The number of nitrogens with zero attached hydrogens (tertiary/aromatic N) is 4. The van der Waals surface area contributed by atoms with Crippen molar-refractivity contribution in [1.29, 1.82) is 0 Å². The molecule has 42 heavy (non-hydrogen) atoms. The molecular weight excluding hydrogens is 512 g/mol. The summed E-state index contributed by atoms with van der Waals surface area (Å²) in [6.07, 6.45) is 6.53. The van der Waals surface area contributed by atoms with Crippen molar-refractivity contribution in [3.05, 3.63) is 181 Å². The molecule has 0 aromatic heterocycles. The van der Waals surface area contributed by atoms with E-state index < -0.39 is 5.41 Å². The average molecular weight is 545 g/mol. The minimum Gasteiger partial charge on any atom is -0.323 e. The van der Waals surface area contributed by atoms with Crippen LogP contribution in [0.5, 0.6) is 0 Å². The fourth-order valence-electron chi connectivity index (χ4n) is 6.93. The van der Waals surface area contributed by atoms with E-state index in [1.54, 1.807) is 0 Å². The summed E-state index contributed by atoms with van der Waals surface area (Å²) in [4.78, 5) is 2.34. The maximum atomic E-state index is 2.39. The summed E-state index contributed by atoms with van der Waals surface area (Å²) in [5.74, 6) is 0. The molecule has 0 amide bonds. The molecule has 0 N–H and O–H groups in total. The highest BCUT2D eigenvalue weighted by atomic mass is 15.8. The number of rotatable bonds is 5. The Balaban J connectivity index is 1.16. The molecule has 1 aliphatic carbocycles. The van der Waals surface area contributed by atoms with Gasteiger partial charge in [0.2, 0.25) is 6.67 Å². The Morgan fingerprint density at radius 1 is 0.667 bits per heavy atom. The van der Waals surface area contributed by atoms with Gasteiger partial charge >= 0.3 is 0 Å². The summed E-state index contributed by atoms with van der Waals surface area (Å²) in [7, 11) is 2.21. The quantitative estimate of drug-likeness (QED) is 0.125. The first-order chi connectivity index (χ1) is 20.7. The van der Waals surface area contributed by atoms with Crippen molar-refractivity contribution >= 4 is 17.6 Å². The van der Waals surface area contributed by atoms with Crippen LogP contribution in [-0.4, -0.2) is 34.1 Å². The smallest absolute Gasteiger partial charge is 0.235 e. The van der Waals surface area contributed by atoms with Crippen molar-refractivity contribution < 1.29 is 9.17 Å². The molecule has 0 fully saturated rings. The van der Waals surface area contributed by atoms with Crippen molar-refractivity contribution in [2.24, 2.45) is 0 Å². The third kappa shape index (κ3) is 3.62. The minimum absolute atomic E-state index is 0.395. The number of hydrogen-bond acceptors (Lipinski definition) is 2. The number of para-hydroxylation sites is 1. The van der Waals surface area contributed by atoms with E-state index in [-0.39, 0.29) is 0 Å². The van der Waals surface area contributed by atoms with Crippen LogP contribution in [0.15, 0.2) is 146 Å². The Morgan fingerprint density at radius 2 is 1.29 bits per heavy atom. The Hall–Kier alpha value is -5.19. The van der Waals surface area contributed by atoms with Gasteiger partial charge in [0.05, 0.1) is 18.7 Å². The zero-order chi connectivity index (χ0) is 28.1. The summed E-state index contributed by atoms with van der Waals surface area (Å²) in [6, 6.07) is 48.4. The Labute approximate surface area is 247 Å². The molecule has 0 saturated heterocycles. The molecule has 8 rings (SSSR count). The third-order valence-corrected chi connectivity index (χ3v) is 8.98. The Kier molecular flexibility index (Phi) is 5.53. The van der Waals surface area contributed by atoms with Crippen molar-refractivity contribution in [3.8, 4) is 11.1 Å². The molecule has 0 spiro atoms. The van der Waals surface area contributed by atoms with E-state index in [0.29, 0.717) is 4.59 Å². The van der Waals surface area contributed by atoms with Crippen molar-refractivity contribution in [1.82, 2.24) is 5.01 Å². The third-order valence-electron chi connectivity index (χ3n) is 8.98. The van der Waals surface area contributed by atoms with Gasteiger partial charge in [-0.25, -0.2) is 5.01 Å². The van der Waals surface area contributed by atoms with E-state index in [0.717, 1.165) is 12.4 Å². The number of quaternary nitrogens is 1. The molecule has 1 unspecified atom stereocenters. The van der Waals surface area contributed by atoms with E-state index in [4.69, 9.17) is 0 Å². The first kappa shape index (κ1) is 24.6.